The van der Waals surface area contributed by atoms with E-state index in [0.29, 0.717) is 5.92 Å². The van der Waals surface area contributed by atoms with Crippen molar-refractivity contribution in [3.63, 3.8) is 0 Å². The number of rotatable bonds is 11. The number of unbranched alkanes of at least 4 members (excludes halogenated alkanes) is 2. The maximum atomic E-state index is 5.61. The van der Waals surface area contributed by atoms with Crippen molar-refractivity contribution in [2.24, 2.45) is 11.7 Å². The van der Waals surface area contributed by atoms with E-state index >= 15 is 0 Å². The maximum Gasteiger partial charge on any atom is -0.00773 e. The first-order valence-electron chi connectivity index (χ1n) is 9.51. The minimum atomic E-state index is 0.706. The van der Waals surface area contributed by atoms with Crippen molar-refractivity contribution in [2.45, 2.75) is 38.5 Å². The topological polar surface area (TPSA) is 26.0 Å². The first kappa shape index (κ1) is 19.2. The molecular weight excluding hydrogens is 302 g/mol. The summed E-state index contributed by atoms with van der Waals surface area (Å²) in [6.07, 6.45) is 16.4. The van der Waals surface area contributed by atoms with Gasteiger partial charge in [0.15, 0.2) is 0 Å². The molecule has 0 aliphatic carbocycles. The van der Waals surface area contributed by atoms with Crippen molar-refractivity contribution in [2.75, 3.05) is 6.54 Å². The number of nitrogens with two attached hydrogens (primary N) is 1. The van der Waals surface area contributed by atoms with E-state index in [1.165, 1.54) is 30.4 Å². The molecule has 0 fully saturated rings. The zero-order chi connectivity index (χ0) is 17.6. The molecule has 0 amide bonds. The Labute approximate surface area is 153 Å². The lowest BCUT2D eigenvalue weighted by Crippen LogP contribution is -2.01. The van der Waals surface area contributed by atoms with E-state index in [0.717, 1.165) is 25.8 Å². The van der Waals surface area contributed by atoms with E-state index in [4.69, 9.17) is 5.73 Å². The van der Waals surface area contributed by atoms with Crippen LogP contribution in [0.1, 0.15) is 49.7 Å². The van der Waals surface area contributed by atoms with Crippen LogP contribution in [0.5, 0.6) is 0 Å². The van der Waals surface area contributed by atoms with Crippen LogP contribution >= 0.6 is 0 Å². The number of benzene rings is 2. The van der Waals surface area contributed by atoms with Crippen molar-refractivity contribution in [3.8, 4) is 0 Å². The zero-order valence-electron chi connectivity index (χ0n) is 15.2. The van der Waals surface area contributed by atoms with Gasteiger partial charge in [-0.25, -0.2) is 0 Å². The molecule has 2 N–H and O–H groups in total. The summed E-state index contributed by atoms with van der Waals surface area (Å²) in [6.45, 7) is 0.812. The molecule has 0 aromatic heterocycles. The van der Waals surface area contributed by atoms with Crippen LogP contribution in [-0.2, 0) is 0 Å². The number of hydrogen-bond donors (Lipinski definition) is 1. The van der Waals surface area contributed by atoms with Gasteiger partial charge in [-0.2, -0.15) is 0 Å². The molecule has 2 rings (SSSR count). The Balaban J connectivity index is 1.85. The van der Waals surface area contributed by atoms with Crippen LogP contribution in [-0.4, -0.2) is 6.54 Å². The van der Waals surface area contributed by atoms with Crippen LogP contribution in [0.25, 0.3) is 12.2 Å². The van der Waals surface area contributed by atoms with E-state index in [2.05, 4.69) is 85.0 Å². The molecule has 2 aromatic carbocycles. The lowest BCUT2D eigenvalue weighted by molar-refractivity contribution is 0.466. The van der Waals surface area contributed by atoms with Crippen LogP contribution in [0.3, 0.4) is 0 Å². The Hall–Kier alpha value is -2.12. The predicted molar refractivity (Wildman–Crippen MR) is 111 cm³/mol. The number of hydrogen-bond acceptors (Lipinski definition) is 1. The van der Waals surface area contributed by atoms with Gasteiger partial charge in [0.2, 0.25) is 0 Å². The third-order valence-electron chi connectivity index (χ3n) is 4.48. The Morgan fingerprint density at radius 1 is 0.680 bits per heavy atom. The normalized spacial score (nSPS) is 12.8. The van der Waals surface area contributed by atoms with Crippen LogP contribution in [0.15, 0.2) is 72.8 Å². The summed E-state index contributed by atoms with van der Waals surface area (Å²) < 4.78 is 0. The first-order chi connectivity index (χ1) is 12.4. The van der Waals surface area contributed by atoms with Crippen molar-refractivity contribution >= 4 is 12.2 Å². The second-order valence-electron chi connectivity index (χ2n) is 6.60. The molecule has 0 atom stereocenters. The minimum Gasteiger partial charge on any atom is -0.330 e. The van der Waals surface area contributed by atoms with E-state index in [-0.39, 0.29) is 0 Å². The lowest BCUT2D eigenvalue weighted by atomic mass is 9.93. The third-order valence-corrected chi connectivity index (χ3v) is 4.48. The van der Waals surface area contributed by atoms with E-state index in [9.17, 15) is 0 Å². The van der Waals surface area contributed by atoms with E-state index in [1.807, 2.05) is 0 Å². The molecule has 0 bridgehead atoms. The second-order valence-corrected chi connectivity index (χ2v) is 6.60. The largest absolute Gasteiger partial charge is 0.330 e. The van der Waals surface area contributed by atoms with Gasteiger partial charge >= 0.3 is 0 Å². The Kier molecular flexibility index (Phi) is 9.43. The summed E-state index contributed by atoms with van der Waals surface area (Å²) in [5.74, 6) is 0.706. The van der Waals surface area contributed by atoms with Gasteiger partial charge in [0.05, 0.1) is 0 Å². The van der Waals surface area contributed by atoms with Gasteiger partial charge in [-0.05, 0) is 49.3 Å². The molecule has 25 heavy (non-hydrogen) atoms. The monoisotopic (exact) mass is 333 g/mol. The smallest absolute Gasteiger partial charge is 0.00773 e. The molecular formula is C24H31N. The molecule has 0 aliphatic rings. The fourth-order valence-electron chi connectivity index (χ4n) is 3.01. The Bertz CT molecular complexity index is 562. The van der Waals surface area contributed by atoms with Gasteiger partial charge in [-0.1, -0.05) is 97.8 Å². The van der Waals surface area contributed by atoms with Crippen LogP contribution in [0.4, 0.5) is 0 Å². The van der Waals surface area contributed by atoms with Crippen LogP contribution in [0.2, 0.25) is 0 Å². The maximum absolute atomic E-state index is 5.61. The van der Waals surface area contributed by atoms with Gasteiger partial charge in [0.25, 0.3) is 0 Å². The summed E-state index contributed by atoms with van der Waals surface area (Å²) in [7, 11) is 0. The van der Waals surface area contributed by atoms with E-state index in [1.54, 1.807) is 0 Å². The van der Waals surface area contributed by atoms with Crippen molar-refractivity contribution in [1.29, 1.82) is 0 Å². The molecule has 0 heterocycles. The second kappa shape index (κ2) is 12.3. The van der Waals surface area contributed by atoms with Gasteiger partial charge in [0, 0.05) is 0 Å². The number of allylic oxidation sites excluding steroid dienone is 2. The van der Waals surface area contributed by atoms with Crippen molar-refractivity contribution in [1.82, 2.24) is 0 Å². The summed E-state index contributed by atoms with van der Waals surface area (Å²) >= 11 is 0. The molecule has 0 saturated heterocycles. The van der Waals surface area contributed by atoms with Gasteiger partial charge < -0.3 is 5.73 Å². The molecule has 132 valence electrons. The highest BCUT2D eigenvalue weighted by molar-refractivity contribution is 5.49. The fourth-order valence-corrected chi connectivity index (χ4v) is 3.01. The molecule has 0 saturated carbocycles. The quantitative estimate of drug-likeness (QED) is 0.478. The first-order valence-corrected chi connectivity index (χ1v) is 9.51. The summed E-state index contributed by atoms with van der Waals surface area (Å²) in [4.78, 5) is 0. The van der Waals surface area contributed by atoms with Crippen molar-refractivity contribution in [3.05, 3.63) is 83.9 Å². The van der Waals surface area contributed by atoms with Gasteiger partial charge in [-0.3, -0.25) is 0 Å². The van der Waals surface area contributed by atoms with Crippen LogP contribution in [0, 0.1) is 5.92 Å². The Morgan fingerprint density at radius 2 is 1.20 bits per heavy atom. The standard InChI is InChI=1S/C24H31N/c25-21-9-3-8-16-24(19-10-17-22-12-4-1-5-13-22)20-11-18-23-14-6-2-7-15-23/h1-2,4-7,10-15,17-18,24H,3,8-9,16,19-21,25H2. The molecule has 2 aromatic rings. The average Bonchev–Trinajstić information content (AvgIpc) is 2.66. The summed E-state index contributed by atoms with van der Waals surface area (Å²) in [6, 6.07) is 21.1. The van der Waals surface area contributed by atoms with Crippen molar-refractivity contribution < 1.29 is 0 Å². The van der Waals surface area contributed by atoms with Gasteiger partial charge in [-0.15, -0.1) is 0 Å². The highest BCUT2D eigenvalue weighted by Gasteiger charge is 2.05. The fraction of sp³-hybridized carbons (Fsp3) is 0.333. The minimum absolute atomic E-state index is 0.706. The average molecular weight is 334 g/mol. The van der Waals surface area contributed by atoms with E-state index < -0.39 is 0 Å². The molecule has 0 aliphatic heterocycles. The summed E-state index contributed by atoms with van der Waals surface area (Å²) in [5.41, 5.74) is 8.18. The SMILES string of the molecule is NCCCCCC(CC=Cc1ccccc1)CC=Cc1ccccc1. The molecule has 1 nitrogen and oxygen atoms in total. The molecule has 0 unspecified atom stereocenters. The van der Waals surface area contributed by atoms with Crippen LogP contribution < -0.4 is 5.73 Å². The highest BCUT2D eigenvalue weighted by Crippen LogP contribution is 2.20. The molecule has 1 heteroatoms. The zero-order valence-corrected chi connectivity index (χ0v) is 15.2. The highest BCUT2D eigenvalue weighted by atomic mass is 14.5. The predicted octanol–water partition coefficient (Wildman–Crippen LogP) is 6.33. The Morgan fingerprint density at radius 3 is 1.68 bits per heavy atom. The lowest BCUT2D eigenvalue weighted by Gasteiger charge is -2.13. The molecule has 0 spiro atoms. The van der Waals surface area contributed by atoms with Gasteiger partial charge in [0.1, 0.15) is 0 Å². The molecule has 0 radical (unpaired) electrons. The summed E-state index contributed by atoms with van der Waals surface area (Å²) in [5, 5.41) is 0. The third kappa shape index (κ3) is 8.51.